The van der Waals surface area contributed by atoms with Gasteiger partial charge in [0.2, 0.25) is 10.0 Å². The molecule has 0 spiro atoms. The van der Waals surface area contributed by atoms with Crippen LogP contribution in [0.1, 0.15) is 25.2 Å². The molecule has 2 aromatic carbocycles. The first kappa shape index (κ1) is 17.7. The van der Waals surface area contributed by atoms with Crippen molar-refractivity contribution in [2.45, 2.75) is 24.3 Å². The van der Waals surface area contributed by atoms with Gasteiger partial charge in [0.25, 0.3) is 0 Å². The summed E-state index contributed by atoms with van der Waals surface area (Å²) in [6.07, 6.45) is 2.27. The van der Waals surface area contributed by atoms with Crippen LogP contribution >= 0.6 is 11.6 Å². The average molecular weight is 376 g/mol. The van der Waals surface area contributed by atoms with E-state index in [0.29, 0.717) is 17.3 Å². The lowest BCUT2D eigenvalue weighted by molar-refractivity contribution is 0.539. The molecular weight excluding hydrogens is 358 g/mol. The number of sulfonamides is 1. The highest BCUT2D eigenvalue weighted by Crippen LogP contribution is 2.23. The summed E-state index contributed by atoms with van der Waals surface area (Å²) in [6, 6.07) is 15.5. The third kappa shape index (κ3) is 4.10. The van der Waals surface area contributed by atoms with Gasteiger partial charge in [-0.25, -0.2) is 18.1 Å². The Balaban J connectivity index is 1.85. The lowest BCUT2D eigenvalue weighted by Gasteiger charge is -2.15. The lowest BCUT2D eigenvalue weighted by atomic mass is 10.2. The van der Waals surface area contributed by atoms with Gasteiger partial charge in [-0.3, -0.25) is 0 Å². The summed E-state index contributed by atoms with van der Waals surface area (Å²) in [5, 5.41) is 0.375. The third-order valence-electron chi connectivity index (χ3n) is 3.82. The maximum atomic E-state index is 12.6. The van der Waals surface area contributed by atoms with Crippen LogP contribution in [0.2, 0.25) is 5.02 Å². The van der Waals surface area contributed by atoms with Gasteiger partial charge in [0, 0.05) is 5.02 Å². The van der Waals surface area contributed by atoms with Crippen molar-refractivity contribution in [2.75, 3.05) is 0 Å². The first-order chi connectivity index (χ1) is 12.0. The maximum Gasteiger partial charge on any atom is 0.241 e. The van der Waals surface area contributed by atoms with E-state index in [9.17, 15) is 8.42 Å². The van der Waals surface area contributed by atoms with Gasteiger partial charge in [0.15, 0.2) is 0 Å². The van der Waals surface area contributed by atoms with Crippen LogP contribution in [0.3, 0.4) is 0 Å². The number of aromatic amines is 1. The first-order valence-electron chi connectivity index (χ1n) is 7.88. The predicted octanol–water partition coefficient (Wildman–Crippen LogP) is 4.16. The Morgan fingerprint density at radius 3 is 2.60 bits per heavy atom. The molecule has 1 atom stereocenters. The van der Waals surface area contributed by atoms with Gasteiger partial charge in [-0.05, 0) is 30.2 Å². The molecule has 0 saturated carbocycles. The van der Waals surface area contributed by atoms with Gasteiger partial charge in [-0.1, -0.05) is 54.9 Å². The van der Waals surface area contributed by atoms with Crippen LogP contribution in [0.15, 0.2) is 65.7 Å². The molecule has 3 rings (SSSR count). The summed E-state index contributed by atoms with van der Waals surface area (Å²) in [4.78, 5) is 7.69. The number of aromatic nitrogens is 2. The van der Waals surface area contributed by atoms with Crippen LogP contribution in [0.4, 0.5) is 0 Å². The van der Waals surface area contributed by atoms with Crippen LogP contribution < -0.4 is 4.72 Å². The van der Waals surface area contributed by atoms with Crippen LogP contribution in [-0.2, 0) is 10.0 Å². The van der Waals surface area contributed by atoms with E-state index in [1.54, 1.807) is 18.3 Å². The topological polar surface area (TPSA) is 74.8 Å². The molecule has 25 heavy (non-hydrogen) atoms. The van der Waals surface area contributed by atoms with Gasteiger partial charge in [-0.2, -0.15) is 0 Å². The molecule has 0 amide bonds. The number of nitrogens with one attached hydrogen (secondary N) is 2. The fraction of sp³-hybridized carbons (Fsp3) is 0.167. The predicted molar refractivity (Wildman–Crippen MR) is 98.8 cm³/mol. The Labute approximate surface area is 152 Å². The molecule has 7 heteroatoms. The van der Waals surface area contributed by atoms with Crippen molar-refractivity contribution >= 4 is 21.6 Å². The number of H-pyrrole nitrogens is 1. The molecule has 1 unspecified atom stereocenters. The van der Waals surface area contributed by atoms with Crippen LogP contribution in [0.5, 0.6) is 0 Å². The van der Waals surface area contributed by atoms with Gasteiger partial charge < -0.3 is 4.98 Å². The second-order valence-electron chi connectivity index (χ2n) is 5.59. The van der Waals surface area contributed by atoms with E-state index in [1.165, 1.54) is 12.1 Å². The highest BCUT2D eigenvalue weighted by atomic mass is 35.5. The van der Waals surface area contributed by atoms with Crippen molar-refractivity contribution in [3.63, 3.8) is 0 Å². The quantitative estimate of drug-likeness (QED) is 0.679. The van der Waals surface area contributed by atoms with Crippen molar-refractivity contribution in [1.29, 1.82) is 0 Å². The second-order valence-corrected chi connectivity index (χ2v) is 7.74. The molecule has 0 aliphatic heterocycles. The number of halogens is 1. The molecule has 1 heterocycles. The lowest BCUT2D eigenvalue weighted by Crippen LogP contribution is -2.29. The number of hydrogen-bond acceptors (Lipinski definition) is 3. The molecular formula is C18H18ClN3O2S. The molecule has 130 valence electrons. The standard InChI is InChI=1S/C18H18ClN3O2S/c1-2-16(22-25(23,24)15-10-6-9-14(19)11-15)18-20-12-17(21-18)13-7-4-3-5-8-13/h3-12,16,22H,2H2,1H3,(H,20,21). The monoisotopic (exact) mass is 375 g/mol. The molecule has 0 aliphatic carbocycles. The third-order valence-corrected chi connectivity index (χ3v) is 5.53. The van der Waals surface area contributed by atoms with Gasteiger partial charge in [0.1, 0.15) is 5.82 Å². The average Bonchev–Trinajstić information content (AvgIpc) is 3.10. The number of benzene rings is 2. The summed E-state index contributed by atoms with van der Waals surface area (Å²) < 4.78 is 27.9. The molecule has 5 nitrogen and oxygen atoms in total. The van der Waals surface area contributed by atoms with E-state index < -0.39 is 16.1 Å². The van der Waals surface area contributed by atoms with Crippen molar-refractivity contribution in [3.05, 3.63) is 71.6 Å². The van der Waals surface area contributed by atoms with Crippen molar-refractivity contribution < 1.29 is 8.42 Å². The molecule has 0 fully saturated rings. The molecule has 3 aromatic rings. The van der Waals surface area contributed by atoms with Crippen LogP contribution in [0.25, 0.3) is 11.3 Å². The first-order valence-corrected chi connectivity index (χ1v) is 9.74. The second kappa shape index (κ2) is 7.39. The van der Waals surface area contributed by atoms with Crippen molar-refractivity contribution in [3.8, 4) is 11.3 Å². The van der Waals surface area contributed by atoms with Crippen LogP contribution in [0, 0.1) is 0 Å². The van der Waals surface area contributed by atoms with Gasteiger partial charge in [-0.15, -0.1) is 0 Å². The number of rotatable bonds is 6. The minimum atomic E-state index is -3.69. The number of hydrogen-bond donors (Lipinski definition) is 2. The van der Waals surface area contributed by atoms with E-state index in [2.05, 4.69) is 14.7 Å². The number of nitrogens with zero attached hydrogens (tertiary/aromatic N) is 1. The fourth-order valence-corrected chi connectivity index (χ4v) is 4.08. The maximum absolute atomic E-state index is 12.6. The van der Waals surface area contributed by atoms with Crippen molar-refractivity contribution in [2.24, 2.45) is 0 Å². The smallest absolute Gasteiger partial charge is 0.241 e. The van der Waals surface area contributed by atoms with E-state index in [-0.39, 0.29) is 4.90 Å². The summed E-state index contributed by atoms with van der Waals surface area (Å²) in [7, 11) is -3.69. The van der Waals surface area contributed by atoms with E-state index >= 15 is 0 Å². The summed E-state index contributed by atoms with van der Waals surface area (Å²) in [5.74, 6) is 0.576. The Kier molecular flexibility index (Phi) is 5.22. The molecule has 1 aromatic heterocycles. The fourth-order valence-electron chi connectivity index (χ4n) is 2.50. The summed E-state index contributed by atoms with van der Waals surface area (Å²) in [5.41, 5.74) is 1.84. The minimum Gasteiger partial charge on any atom is -0.341 e. The van der Waals surface area contributed by atoms with Gasteiger partial charge >= 0.3 is 0 Å². The SMILES string of the molecule is CCC(NS(=O)(=O)c1cccc(Cl)c1)c1ncc(-c2ccccc2)[nH]1. The molecule has 0 bridgehead atoms. The molecule has 0 saturated heterocycles. The highest BCUT2D eigenvalue weighted by Gasteiger charge is 2.22. The van der Waals surface area contributed by atoms with E-state index in [4.69, 9.17) is 11.6 Å². The summed E-state index contributed by atoms with van der Waals surface area (Å²) in [6.45, 7) is 1.90. The molecule has 2 N–H and O–H groups in total. The number of imidazole rings is 1. The highest BCUT2D eigenvalue weighted by molar-refractivity contribution is 7.89. The summed E-state index contributed by atoms with van der Waals surface area (Å²) >= 11 is 5.90. The van der Waals surface area contributed by atoms with Crippen molar-refractivity contribution in [1.82, 2.24) is 14.7 Å². The zero-order chi connectivity index (χ0) is 17.9. The van der Waals surface area contributed by atoms with Gasteiger partial charge in [0.05, 0.1) is 22.8 Å². The Morgan fingerprint density at radius 1 is 1.16 bits per heavy atom. The molecule has 0 aliphatic rings. The normalized spacial score (nSPS) is 12.9. The molecule has 0 radical (unpaired) electrons. The minimum absolute atomic E-state index is 0.133. The van der Waals surface area contributed by atoms with Crippen LogP contribution in [-0.4, -0.2) is 18.4 Å². The largest absolute Gasteiger partial charge is 0.341 e. The zero-order valence-electron chi connectivity index (χ0n) is 13.6. The van der Waals surface area contributed by atoms with E-state index in [0.717, 1.165) is 11.3 Å². The Hall–Kier alpha value is -2.15. The van der Waals surface area contributed by atoms with E-state index in [1.807, 2.05) is 37.3 Å². The zero-order valence-corrected chi connectivity index (χ0v) is 15.2. The Bertz CT molecular complexity index is 955. The Morgan fingerprint density at radius 2 is 1.92 bits per heavy atom.